The minimum atomic E-state index is -7.32. The fraction of sp³-hybridized carbons (Fsp3) is 1.00. The highest BCUT2D eigenvalue weighted by molar-refractivity contribution is 7.99. The number of hydrogen-bond acceptors (Lipinski definition) is 7. The third-order valence-electron chi connectivity index (χ3n) is 4.38. The molecule has 0 aliphatic heterocycles. The van der Waals surface area contributed by atoms with Gasteiger partial charge in [0.2, 0.25) is 0 Å². The van der Waals surface area contributed by atoms with Crippen LogP contribution in [0.3, 0.4) is 0 Å². The Morgan fingerprint density at radius 3 is 1.38 bits per heavy atom. The van der Waals surface area contributed by atoms with Crippen LogP contribution in [0.25, 0.3) is 0 Å². The predicted molar refractivity (Wildman–Crippen MR) is 104 cm³/mol. The third kappa shape index (κ3) is 12.0. The van der Waals surface area contributed by atoms with Gasteiger partial charge in [0, 0.05) is 12.4 Å². The average molecular weight is 742 g/mol. The summed E-state index contributed by atoms with van der Waals surface area (Å²) in [5, 5.41) is 8.59. The maximum atomic E-state index is 13.9. The van der Waals surface area contributed by atoms with Gasteiger partial charge in [0.15, 0.2) is 0 Å². The van der Waals surface area contributed by atoms with Crippen molar-refractivity contribution in [3.8, 4) is 0 Å². The minimum absolute atomic E-state index is 0.0821. The maximum absolute atomic E-state index is 13.9. The molecule has 0 saturated carbocycles. The quantitative estimate of drug-likeness (QED) is 0.101. The summed E-state index contributed by atoms with van der Waals surface area (Å²) in [7, 11) is 0. The Morgan fingerprint density at radius 2 is 0.978 bits per heavy atom. The molecule has 0 spiro atoms. The maximum Gasteiger partial charge on any atom is 0.462 e. The van der Waals surface area contributed by atoms with E-state index in [1.165, 1.54) is 0 Å². The van der Waals surface area contributed by atoms with Crippen LogP contribution in [-0.2, 0) is 23.7 Å². The van der Waals surface area contributed by atoms with Gasteiger partial charge < -0.3 is 19.3 Å². The highest BCUT2D eigenvalue weighted by Crippen LogP contribution is 2.50. The average Bonchev–Trinajstić information content (AvgIpc) is 2.84. The lowest BCUT2D eigenvalue weighted by Gasteiger charge is -2.32. The van der Waals surface area contributed by atoms with Crippen LogP contribution in [0.15, 0.2) is 0 Å². The zero-order valence-electron chi connectivity index (χ0n) is 21.1. The minimum Gasteiger partial charge on any atom is -0.396 e. The molecule has 0 aromatic rings. The number of alkyl halides is 20. The van der Waals surface area contributed by atoms with Crippen LogP contribution in [0.2, 0.25) is 0 Å². The first-order chi connectivity index (χ1) is 19.9. The fourth-order valence-electron chi connectivity index (χ4n) is 2.18. The molecular formula is C18H18F20O6S. The van der Waals surface area contributed by atoms with Crippen molar-refractivity contribution in [1.82, 2.24) is 0 Å². The molecule has 0 aliphatic carbocycles. The van der Waals surface area contributed by atoms with Crippen LogP contribution in [-0.4, -0.2) is 110 Å². The van der Waals surface area contributed by atoms with Gasteiger partial charge in [-0.3, -0.25) is 9.47 Å². The predicted octanol–water partition coefficient (Wildman–Crippen LogP) is 6.91. The number of ether oxygens (including phenoxy) is 5. The van der Waals surface area contributed by atoms with Gasteiger partial charge in [-0.15, -0.1) is 0 Å². The van der Waals surface area contributed by atoms with Gasteiger partial charge >= 0.3 is 48.6 Å². The zero-order chi connectivity index (χ0) is 35.9. The van der Waals surface area contributed by atoms with E-state index in [0.717, 1.165) is 11.8 Å². The van der Waals surface area contributed by atoms with Crippen molar-refractivity contribution in [2.75, 3.05) is 37.9 Å². The van der Waals surface area contributed by atoms with Crippen molar-refractivity contribution in [3.63, 3.8) is 0 Å². The molecule has 272 valence electrons. The molecule has 0 amide bonds. The van der Waals surface area contributed by atoms with Crippen molar-refractivity contribution in [2.24, 2.45) is 0 Å². The molecule has 0 aliphatic rings. The number of aliphatic hydroxyl groups is 1. The molecular weight excluding hydrogens is 724 g/mol. The molecule has 0 aromatic heterocycles. The highest BCUT2D eigenvalue weighted by Gasteiger charge is 2.77. The Labute approximate surface area is 241 Å². The smallest absolute Gasteiger partial charge is 0.396 e. The summed E-state index contributed by atoms with van der Waals surface area (Å²) in [5.74, 6) is -14.4. The molecule has 0 rings (SSSR count). The van der Waals surface area contributed by atoms with Crippen molar-refractivity contribution in [2.45, 2.75) is 73.9 Å². The van der Waals surface area contributed by atoms with Gasteiger partial charge in [-0.2, -0.15) is 90.8 Å². The number of rotatable bonds is 21. The molecule has 0 radical (unpaired) electrons. The summed E-state index contributed by atoms with van der Waals surface area (Å²) in [5.41, 5.74) is 0. The molecule has 0 bridgehead atoms. The largest absolute Gasteiger partial charge is 0.462 e. The first kappa shape index (κ1) is 43.7. The van der Waals surface area contributed by atoms with Gasteiger partial charge in [0.05, 0.1) is 19.8 Å². The Balaban J connectivity index is 5.81. The first-order valence-electron chi connectivity index (χ1n) is 11.0. The second kappa shape index (κ2) is 15.7. The molecule has 0 heterocycles. The summed E-state index contributed by atoms with van der Waals surface area (Å²) in [4.78, 5) is 0. The molecule has 0 fully saturated rings. The fourth-order valence-corrected chi connectivity index (χ4v) is 2.84. The van der Waals surface area contributed by atoms with Gasteiger partial charge in [-0.05, 0) is 12.2 Å². The molecule has 1 N–H and O–H groups in total. The number of thioether (sulfide) groups is 1. The van der Waals surface area contributed by atoms with Crippen molar-refractivity contribution >= 4 is 11.8 Å². The van der Waals surface area contributed by atoms with E-state index in [2.05, 4.69) is 23.7 Å². The van der Waals surface area contributed by atoms with Crippen LogP contribution in [0.5, 0.6) is 0 Å². The standard InChI is InChI=1S/C18H18F20O6S/c19-9(43-17(35,36)13(25,26)15(29,30)31)11(21,22)41-7-8(6-40-3-1-4-45-5-2-39)42-12(23,24)10(20)44-18(37,38)14(27,28)16(32,33)34/h8-10,39H,1-7H2. The molecule has 0 saturated heterocycles. The second-order valence-electron chi connectivity index (χ2n) is 7.98. The van der Waals surface area contributed by atoms with Crippen molar-refractivity contribution in [3.05, 3.63) is 0 Å². The number of hydrogen-bond donors (Lipinski definition) is 1. The second-order valence-corrected chi connectivity index (χ2v) is 9.21. The first-order valence-corrected chi connectivity index (χ1v) is 12.2. The van der Waals surface area contributed by atoms with Crippen LogP contribution < -0.4 is 0 Å². The third-order valence-corrected chi connectivity index (χ3v) is 5.43. The van der Waals surface area contributed by atoms with E-state index in [1.54, 1.807) is 0 Å². The van der Waals surface area contributed by atoms with Crippen LogP contribution in [0, 0.1) is 0 Å². The highest BCUT2D eigenvalue weighted by atomic mass is 32.2. The summed E-state index contributed by atoms with van der Waals surface area (Å²) >= 11 is 1.04. The lowest BCUT2D eigenvalue weighted by Crippen LogP contribution is -2.56. The Morgan fingerprint density at radius 1 is 0.556 bits per heavy atom. The molecule has 6 nitrogen and oxygen atoms in total. The molecule has 27 heteroatoms. The van der Waals surface area contributed by atoms with E-state index in [4.69, 9.17) is 5.11 Å². The van der Waals surface area contributed by atoms with Gasteiger partial charge in [-0.1, -0.05) is 0 Å². The van der Waals surface area contributed by atoms with Gasteiger partial charge in [0.1, 0.15) is 6.10 Å². The Kier molecular flexibility index (Phi) is 15.3. The monoisotopic (exact) mass is 742 g/mol. The van der Waals surface area contributed by atoms with Crippen molar-refractivity contribution in [1.29, 1.82) is 0 Å². The summed E-state index contributed by atoms with van der Waals surface area (Å²) in [6.45, 7) is -4.96. The van der Waals surface area contributed by atoms with Crippen LogP contribution >= 0.6 is 11.8 Å². The van der Waals surface area contributed by atoms with E-state index in [-0.39, 0.29) is 24.5 Å². The van der Waals surface area contributed by atoms with E-state index in [0.29, 0.717) is 0 Å². The van der Waals surface area contributed by atoms with Crippen LogP contribution in [0.4, 0.5) is 87.8 Å². The van der Waals surface area contributed by atoms with Gasteiger partial charge in [0.25, 0.3) is 12.7 Å². The lowest BCUT2D eigenvalue weighted by atomic mass is 10.3. The van der Waals surface area contributed by atoms with E-state index >= 15 is 0 Å². The summed E-state index contributed by atoms with van der Waals surface area (Å²) in [6, 6.07) is 0. The van der Waals surface area contributed by atoms with Crippen molar-refractivity contribution < 1.29 is 117 Å². The normalized spacial score (nSPS) is 17.0. The van der Waals surface area contributed by atoms with Crippen LogP contribution in [0.1, 0.15) is 6.42 Å². The molecule has 3 atom stereocenters. The summed E-state index contributed by atoms with van der Waals surface area (Å²) in [6.07, 6.45) is -54.5. The Bertz CT molecular complexity index is 885. The lowest BCUT2D eigenvalue weighted by molar-refractivity contribution is -0.472. The SMILES string of the molecule is OCCSCCCOCC(COC(F)(F)C(F)OC(F)(F)C(F)(F)C(F)(F)F)OC(F)(F)C(F)OC(F)(F)C(F)(F)C(F)(F)F. The van der Waals surface area contributed by atoms with E-state index < -0.39 is 87.3 Å². The number of aliphatic hydroxyl groups excluding tert-OH is 1. The summed E-state index contributed by atoms with van der Waals surface area (Å²) < 4.78 is 274. The molecule has 45 heavy (non-hydrogen) atoms. The van der Waals surface area contributed by atoms with E-state index in [1.807, 2.05) is 0 Å². The molecule has 0 aromatic carbocycles. The Hall–Kier alpha value is -1.29. The topological polar surface area (TPSA) is 66.4 Å². The van der Waals surface area contributed by atoms with Gasteiger partial charge in [-0.25, -0.2) is 8.78 Å². The zero-order valence-corrected chi connectivity index (χ0v) is 22.0. The number of halogens is 20. The van der Waals surface area contributed by atoms with E-state index in [9.17, 15) is 87.8 Å². The molecule has 3 unspecified atom stereocenters.